The SMILES string of the molecule is Cc1cc(C)cc(NC(=O)COC(=O)[C@H](C)NS(=O)(=O)c2ccccc2F)c1. The molecule has 2 aromatic rings. The molecule has 9 heteroatoms. The molecule has 1 amide bonds. The summed E-state index contributed by atoms with van der Waals surface area (Å²) in [4.78, 5) is 23.3. The number of amides is 1. The normalized spacial score (nSPS) is 12.3. The van der Waals surface area contributed by atoms with Gasteiger partial charge in [-0.25, -0.2) is 12.8 Å². The van der Waals surface area contributed by atoms with Gasteiger partial charge in [-0.3, -0.25) is 9.59 Å². The molecule has 2 N–H and O–H groups in total. The number of carbonyl (C=O) groups excluding carboxylic acids is 2. The molecule has 1 atom stereocenters. The lowest BCUT2D eigenvalue weighted by atomic mass is 10.1. The summed E-state index contributed by atoms with van der Waals surface area (Å²) in [6, 6.07) is 8.94. The van der Waals surface area contributed by atoms with Crippen LogP contribution < -0.4 is 10.0 Å². The Kier molecular flexibility index (Phi) is 6.87. The Morgan fingerprint density at radius 1 is 1.11 bits per heavy atom. The van der Waals surface area contributed by atoms with Gasteiger partial charge in [0.2, 0.25) is 10.0 Å². The van der Waals surface area contributed by atoms with Gasteiger partial charge in [0.1, 0.15) is 16.8 Å². The van der Waals surface area contributed by atoms with Crippen LogP contribution >= 0.6 is 0 Å². The quantitative estimate of drug-likeness (QED) is 0.685. The number of ether oxygens (including phenoxy) is 1. The van der Waals surface area contributed by atoms with Gasteiger partial charge in [0, 0.05) is 5.69 Å². The molecule has 0 unspecified atom stereocenters. The Morgan fingerprint density at radius 3 is 2.32 bits per heavy atom. The van der Waals surface area contributed by atoms with Gasteiger partial charge in [-0.1, -0.05) is 18.2 Å². The predicted octanol–water partition coefficient (Wildman–Crippen LogP) is 2.29. The van der Waals surface area contributed by atoms with Gasteiger partial charge in [-0.05, 0) is 56.2 Å². The van der Waals surface area contributed by atoms with Crippen molar-refractivity contribution < 1.29 is 27.1 Å². The largest absolute Gasteiger partial charge is 0.454 e. The fraction of sp³-hybridized carbons (Fsp3) is 0.263. The minimum Gasteiger partial charge on any atom is -0.454 e. The highest BCUT2D eigenvalue weighted by Crippen LogP contribution is 2.15. The van der Waals surface area contributed by atoms with E-state index in [2.05, 4.69) is 5.32 Å². The van der Waals surface area contributed by atoms with Crippen LogP contribution in [-0.4, -0.2) is 32.9 Å². The first kappa shape index (κ1) is 21.5. The topological polar surface area (TPSA) is 102 Å². The molecule has 2 rings (SSSR count). The number of carbonyl (C=O) groups is 2. The van der Waals surface area contributed by atoms with Crippen molar-refractivity contribution in [2.45, 2.75) is 31.7 Å². The maximum Gasteiger partial charge on any atom is 0.324 e. The van der Waals surface area contributed by atoms with Crippen LogP contribution in [0, 0.1) is 19.7 Å². The van der Waals surface area contributed by atoms with Crippen molar-refractivity contribution in [1.82, 2.24) is 4.72 Å². The zero-order valence-corrected chi connectivity index (χ0v) is 16.5. The van der Waals surface area contributed by atoms with Crippen molar-refractivity contribution >= 4 is 27.6 Å². The second-order valence-corrected chi connectivity index (χ2v) is 7.99. The molecule has 0 aliphatic heterocycles. The summed E-state index contributed by atoms with van der Waals surface area (Å²) in [5.74, 6) is -2.47. The third kappa shape index (κ3) is 5.86. The first-order chi connectivity index (χ1) is 13.1. The maximum atomic E-state index is 13.7. The van der Waals surface area contributed by atoms with Crippen molar-refractivity contribution in [2.75, 3.05) is 11.9 Å². The first-order valence-electron chi connectivity index (χ1n) is 8.40. The summed E-state index contributed by atoms with van der Waals surface area (Å²) in [6.07, 6.45) is 0. The van der Waals surface area contributed by atoms with E-state index in [-0.39, 0.29) is 0 Å². The van der Waals surface area contributed by atoms with E-state index in [9.17, 15) is 22.4 Å². The number of nitrogens with one attached hydrogen (secondary N) is 2. The molecule has 0 radical (unpaired) electrons. The highest BCUT2D eigenvalue weighted by atomic mass is 32.2. The van der Waals surface area contributed by atoms with Gasteiger partial charge < -0.3 is 10.1 Å². The molecule has 0 bridgehead atoms. The van der Waals surface area contributed by atoms with Crippen molar-refractivity contribution in [3.8, 4) is 0 Å². The molecular weight excluding hydrogens is 387 g/mol. The zero-order chi connectivity index (χ0) is 20.9. The Balaban J connectivity index is 1.91. The number of sulfonamides is 1. The monoisotopic (exact) mass is 408 g/mol. The van der Waals surface area contributed by atoms with E-state index in [4.69, 9.17) is 4.74 Å². The van der Waals surface area contributed by atoms with Gasteiger partial charge in [0.25, 0.3) is 5.91 Å². The molecule has 0 heterocycles. The predicted molar refractivity (Wildman–Crippen MR) is 102 cm³/mol. The summed E-state index contributed by atoms with van der Waals surface area (Å²) in [5.41, 5.74) is 2.48. The first-order valence-corrected chi connectivity index (χ1v) is 9.88. The van der Waals surface area contributed by atoms with E-state index < -0.39 is 45.3 Å². The Morgan fingerprint density at radius 2 is 1.71 bits per heavy atom. The lowest BCUT2D eigenvalue weighted by molar-refractivity contribution is -0.148. The second kappa shape index (κ2) is 8.94. The van der Waals surface area contributed by atoms with Crippen molar-refractivity contribution in [3.05, 3.63) is 59.4 Å². The van der Waals surface area contributed by atoms with E-state index in [1.807, 2.05) is 24.6 Å². The van der Waals surface area contributed by atoms with Crippen LogP contribution in [0.15, 0.2) is 47.4 Å². The number of aryl methyl sites for hydroxylation is 2. The van der Waals surface area contributed by atoms with Crippen LogP contribution in [0.2, 0.25) is 0 Å². The molecule has 0 saturated carbocycles. The van der Waals surface area contributed by atoms with E-state index >= 15 is 0 Å². The molecule has 150 valence electrons. The summed E-state index contributed by atoms with van der Waals surface area (Å²) >= 11 is 0. The summed E-state index contributed by atoms with van der Waals surface area (Å²) in [5, 5.41) is 2.60. The van der Waals surface area contributed by atoms with Crippen LogP contribution in [0.4, 0.5) is 10.1 Å². The van der Waals surface area contributed by atoms with Gasteiger partial charge >= 0.3 is 5.97 Å². The number of benzene rings is 2. The van der Waals surface area contributed by atoms with Gasteiger partial charge in [-0.2, -0.15) is 4.72 Å². The number of hydrogen-bond donors (Lipinski definition) is 2. The van der Waals surface area contributed by atoms with E-state index in [1.54, 1.807) is 12.1 Å². The molecule has 2 aromatic carbocycles. The molecule has 0 fully saturated rings. The third-order valence-electron chi connectivity index (χ3n) is 3.66. The molecule has 0 aliphatic rings. The van der Waals surface area contributed by atoms with Gasteiger partial charge in [-0.15, -0.1) is 0 Å². The maximum absolute atomic E-state index is 13.7. The van der Waals surface area contributed by atoms with Crippen molar-refractivity contribution in [1.29, 1.82) is 0 Å². The second-order valence-electron chi connectivity index (χ2n) is 6.31. The van der Waals surface area contributed by atoms with Crippen LogP contribution in [-0.2, 0) is 24.3 Å². The molecule has 0 saturated heterocycles. The minimum absolute atomic E-state index is 0.562. The third-order valence-corrected chi connectivity index (χ3v) is 5.24. The number of rotatable bonds is 7. The number of anilines is 1. The van der Waals surface area contributed by atoms with Crippen molar-refractivity contribution in [3.63, 3.8) is 0 Å². The Hall–Kier alpha value is -2.78. The summed E-state index contributed by atoms with van der Waals surface area (Å²) in [6.45, 7) is 4.41. The standard InChI is InChI=1S/C19H21FN2O5S/c1-12-8-13(2)10-15(9-12)21-18(23)11-27-19(24)14(3)22-28(25,26)17-7-5-4-6-16(17)20/h4-10,14,22H,11H2,1-3H3,(H,21,23)/t14-/m0/s1. The highest BCUT2D eigenvalue weighted by molar-refractivity contribution is 7.89. The highest BCUT2D eigenvalue weighted by Gasteiger charge is 2.25. The molecule has 0 aromatic heterocycles. The lowest BCUT2D eigenvalue weighted by Gasteiger charge is -2.14. The molecular formula is C19H21FN2O5S. The lowest BCUT2D eigenvalue weighted by Crippen LogP contribution is -2.40. The Bertz CT molecular complexity index is 971. The molecule has 7 nitrogen and oxygen atoms in total. The van der Waals surface area contributed by atoms with E-state index in [0.29, 0.717) is 5.69 Å². The Labute approximate surface area is 163 Å². The van der Waals surface area contributed by atoms with Crippen LogP contribution in [0.1, 0.15) is 18.1 Å². The number of hydrogen-bond acceptors (Lipinski definition) is 5. The smallest absolute Gasteiger partial charge is 0.324 e. The average Bonchev–Trinajstić information content (AvgIpc) is 2.58. The van der Waals surface area contributed by atoms with E-state index in [1.165, 1.54) is 19.1 Å². The molecule has 28 heavy (non-hydrogen) atoms. The van der Waals surface area contributed by atoms with Gasteiger partial charge in [0.05, 0.1) is 0 Å². The minimum atomic E-state index is -4.26. The number of halogens is 1. The molecule has 0 aliphatic carbocycles. The molecule has 0 spiro atoms. The van der Waals surface area contributed by atoms with Gasteiger partial charge in [0.15, 0.2) is 6.61 Å². The van der Waals surface area contributed by atoms with Crippen LogP contribution in [0.5, 0.6) is 0 Å². The van der Waals surface area contributed by atoms with E-state index in [0.717, 1.165) is 23.3 Å². The fourth-order valence-electron chi connectivity index (χ4n) is 2.51. The average molecular weight is 408 g/mol. The summed E-state index contributed by atoms with van der Waals surface area (Å²) < 4.78 is 44.9. The summed E-state index contributed by atoms with van der Waals surface area (Å²) in [7, 11) is -4.26. The van der Waals surface area contributed by atoms with Crippen LogP contribution in [0.3, 0.4) is 0 Å². The van der Waals surface area contributed by atoms with Crippen LogP contribution in [0.25, 0.3) is 0 Å². The van der Waals surface area contributed by atoms with Crippen molar-refractivity contribution in [2.24, 2.45) is 0 Å². The fourth-order valence-corrected chi connectivity index (χ4v) is 3.78. The number of esters is 1. The zero-order valence-electron chi connectivity index (χ0n) is 15.7.